The molecule has 0 atom stereocenters. The van der Waals surface area contributed by atoms with Crippen LogP contribution >= 0.6 is 22.7 Å². The molecule has 0 nitrogen and oxygen atoms in total. The number of benzene rings is 4. The van der Waals surface area contributed by atoms with Crippen molar-refractivity contribution in [2.45, 2.75) is 13.3 Å². The van der Waals surface area contributed by atoms with Crippen molar-refractivity contribution in [1.82, 2.24) is 0 Å². The molecule has 0 saturated carbocycles. The number of rotatable bonds is 2. The van der Waals surface area contributed by atoms with E-state index in [1.165, 1.54) is 57.0 Å². The molecule has 0 unspecified atom stereocenters. The second-order valence-electron chi connectivity index (χ2n) is 7.50. The van der Waals surface area contributed by atoms with Crippen molar-refractivity contribution in [1.29, 1.82) is 0 Å². The molecule has 0 aliphatic heterocycles. The van der Waals surface area contributed by atoms with Crippen molar-refractivity contribution in [3.63, 3.8) is 0 Å². The van der Waals surface area contributed by atoms with E-state index in [1.54, 1.807) is 0 Å². The molecular formula is C26H18S2. The standard InChI is InChI=1S/C26H18S2/c1-16-9-12-24-22(13-16)20-11-10-17(15-25(20)27-24)14-18-5-4-7-21-19-6-2-3-8-23(19)28-26(18)21/h2-13,15H,14H2,1H3. The molecule has 0 fully saturated rings. The molecule has 2 aromatic heterocycles. The normalized spacial score (nSPS) is 11.9. The van der Waals surface area contributed by atoms with Crippen molar-refractivity contribution < 1.29 is 0 Å². The van der Waals surface area contributed by atoms with Gasteiger partial charge in [0, 0.05) is 40.3 Å². The highest BCUT2D eigenvalue weighted by Crippen LogP contribution is 2.38. The van der Waals surface area contributed by atoms with Gasteiger partial charge in [0.25, 0.3) is 0 Å². The summed E-state index contributed by atoms with van der Waals surface area (Å²) in [5.41, 5.74) is 4.14. The van der Waals surface area contributed by atoms with Gasteiger partial charge in [-0.2, -0.15) is 0 Å². The van der Waals surface area contributed by atoms with E-state index < -0.39 is 0 Å². The lowest BCUT2D eigenvalue weighted by molar-refractivity contribution is 1.23. The van der Waals surface area contributed by atoms with Gasteiger partial charge in [-0.3, -0.25) is 0 Å². The fourth-order valence-corrected chi connectivity index (χ4v) is 6.57. The Kier molecular flexibility index (Phi) is 3.59. The molecule has 6 aromatic rings. The summed E-state index contributed by atoms with van der Waals surface area (Å²) in [5, 5.41) is 5.53. The van der Waals surface area contributed by atoms with Crippen molar-refractivity contribution in [3.8, 4) is 0 Å². The third kappa shape index (κ3) is 2.49. The number of fused-ring (bicyclic) bond motifs is 6. The number of hydrogen-bond acceptors (Lipinski definition) is 2. The summed E-state index contributed by atoms with van der Waals surface area (Å²) >= 11 is 3.82. The van der Waals surface area contributed by atoms with Gasteiger partial charge in [0.15, 0.2) is 0 Å². The van der Waals surface area contributed by atoms with Crippen LogP contribution in [0.2, 0.25) is 0 Å². The number of thiophene rings is 2. The van der Waals surface area contributed by atoms with E-state index in [0.717, 1.165) is 6.42 Å². The first-order valence-electron chi connectivity index (χ1n) is 9.57. The minimum atomic E-state index is 0.980. The second-order valence-corrected chi connectivity index (χ2v) is 9.64. The lowest BCUT2D eigenvalue weighted by Gasteiger charge is -2.04. The summed E-state index contributed by atoms with van der Waals surface area (Å²) < 4.78 is 5.57. The van der Waals surface area contributed by atoms with Gasteiger partial charge in [0.05, 0.1) is 0 Å². The number of aryl methyl sites for hydroxylation is 1. The lowest BCUT2D eigenvalue weighted by Crippen LogP contribution is -1.87. The van der Waals surface area contributed by atoms with Gasteiger partial charge >= 0.3 is 0 Å². The molecule has 4 aromatic carbocycles. The van der Waals surface area contributed by atoms with Crippen LogP contribution in [0, 0.1) is 6.92 Å². The summed E-state index contributed by atoms with van der Waals surface area (Å²) in [7, 11) is 0. The number of hydrogen-bond donors (Lipinski definition) is 0. The topological polar surface area (TPSA) is 0 Å². The van der Waals surface area contributed by atoms with Crippen LogP contribution in [-0.2, 0) is 6.42 Å². The highest BCUT2D eigenvalue weighted by molar-refractivity contribution is 7.26. The second kappa shape index (κ2) is 6.16. The van der Waals surface area contributed by atoms with E-state index in [1.807, 2.05) is 22.7 Å². The Morgan fingerprint density at radius 1 is 0.607 bits per heavy atom. The van der Waals surface area contributed by atoms with Gasteiger partial charge in [0.1, 0.15) is 0 Å². The summed E-state index contributed by atoms with van der Waals surface area (Å²) in [6, 6.07) is 29.3. The lowest BCUT2D eigenvalue weighted by atomic mass is 10.0. The maximum absolute atomic E-state index is 2.39. The van der Waals surface area contributed by atoms with Crippen molar-refractivity contribution in [2.24, 2.45) is 0 Å². The van der Waals surface area contributed by atoms with Crippen molar-refractivity contribution >= 4 is 63.0 Å². The van der Waals surface area contributed by atoms with Gasteiger partial charge in [0.2, 0.25) is 0 Å². The van der Waals surface area contributed by atoms with E-state index in [4.69, 9.17) is 0 Å². The maximum Gasteiger partial charge on any atom is 0.0390 e. The molecule has 0 aliphatic rings. The third-order valence-corrected chi connectivity index (χ3v) is 7.97. The van der Waals surface area contributed by atoms with Gasteiger partial charge < -0.3 is 0 Å². The summed E-state index contributed by atoms with van der Waals surface area (Å²) in [4.78, 5) is 0. The molecule has 0 amide bonds. The SMILES string of the molecule is Cc1ccc2sc3cc(Cc4cccc5c4sc4ccccc45)ccc3c2c1. The molecule has 0 bridgehead atoms. The average molecular weight is 395 g/mol. The Labute approximate surface area is 171 Å². The molecule has 6 rings (SSSR count). The van der Waals surface area contributed by atoms with Crippen LogP contribution in [0.15, 0.2) is 78.9 Å². The van der Waals surface area contributed by atoms with E-state index in [0.29, 0.717) is 0 Å². The highest BCUT2D eigenvalue weighted by Gasteiger charge is 2.10. The van der Waals surface area contributed by atoms with Gasteiger partial charge in [-0.05, 0) is 48.7 Å². The highest BCUT2D eigenvalue weighted by atomic mass is 32.1. The molecular weight excluding hydrogens is 376 g/mol. The van der Waals surface area contributed by atoms with E-state index in [9.17, 15) is 0 Å². The van der Waals surface area contributed by atoms with E-state index in [2.05, 4.69) is 85.8 Å². The zero-order chi connectivity index (χ0) is 18.7. The first kappa shape index (κ1) is 16.3. The Hall–Kier alpha value is -2.68. The smallest absolute Gasteiger partial charge is 0.0390 e. The summed E-state index contributed by atoms with van der Waals surface area (Å²) in [5.74, 6) is 0. The minimum absolute atomic E-state index is 0.980. The molecule has 28 heavy (non-hydrogen) atoms. The largest absolute Gasteiger partial charge is 0.135 e. The van der Waals surface area contributed by atoms with Crippen LogP contribution in [0.1, 0.15) is 16.7 Å². The van der Waals surface area contributed by atoms with Crippen LogP contribution in [-0.4, -0.2) is 0 Å². The Morgan fingerprint density at radius 3 is 2.39 bits per heavy atom. The van der Waals surface area contributed by atoms with Crippen LogP contribution in [0.25, 0.3) is 40.3 Å². The van der Waals surface area contributed by atoms with Gasteiger partial charge in [-0.1, -0.05) is 60.2 Å². The Morgan fingerprint density at radius 2 is 1.43 bits per heavy atom. The Bertz CT molecular complexity index is 1500. The molecule has 0 spiro atoms. The van der Waals surface area contributed by atoms with Crippen molar-refractivity contribution in [2.75, 3.05) is 0 Å². The quantitative estimate of drug-likeness (QED) is 0.277. The predicted molar refractivity (Wildman–Crippen MR) is 126 cm³/mol. The molecule has 2 heteroatoms. The van der Waals surface area contributed by atoms with Crippen LogP contribution in [0.5, 0.6) is 0 Å². The minimum Gasteiger partial charge on any atom is -0.135 e. The fourth-order valence-electron chi connectivity index (χ4n) is 4.21. The van der Waals surface area contributed by atoms with Crippen LogP contribution in [0.3, 0.4) is 0 Å². The monoisotopic (exact) mass is 394 g/mol. The molecule has 0 N–H and O–H groups in total. The van der Waals surface area contributed by atoms with E-state index in [-0.39, 0.29) is 0 Å². The summed E-state index contributed by atoms with van der Waals surface area (Å²) in [6.45, 7) is 2.17. The average Bonchev–Trinajstić information content (AvgIpc) is 3.26. The molecule has 0 radical (unpaired) electrons. The summed E-state index contributed by atoms with van der Waals surface area (Å²) in [6.07, 6.45) is 0.980. The molecule has 134 valence electrons. The first-order chi connectivity index (χ1) is 13.8. The van der Waals surface area contributed by atoms with Crippen molar-refractivity contribution in [3.05, 3.63) is 95.6 Å². The van der Waals surface area contributed by atoms with Gasteiger partial charge in [-0.15, -0.1) is 22.7 Å². The molecule has 2 heterocycles. The maximum atomic E-state index is 2.39. The van der Waals surface area contributed by atoms with Gasteiger partial charge in [-0.25, -0.2) is 0 Å². The molecule has 0 saturated heterocycles. The Balaban J connectivity index is 1.48. The first-order valence-corrected chi connectivity index (χ1v) is 11.2. The zero-order valence-electron chi connectivity index (χ0n) is 15.5. The van der Waals surface area contributed by atoms with Crippen LogP contribution < -0.4 is 0 Å². The van der Waals surface area contributed by atoms with E-state index >= 15 is 0 Å². The molecule has 0 aliphatic carbocycles. The zero-order valence-corrected chi connectivity index (χ0v) is 17.2. The van der Waals surface area contributed by atoms with Crippen LogP contribution in [0.4, 0.5) is 0 Å². The predicted octanol–water partition coefficient (Wildman–Crippen LogP) is 8.32. The third-order valence-electron chi connectivity index (χ3n) is 5.57. The fraction of sp³-hybridized carbons (Fsp3) is 0.0769.